The van der Waals surface area contributed by atoms with Crippen molar-refractivity contribution in [3.63, 3.8) is 0 Å². The third kappa shape index (κ3) is 6.61. The predicted molar refractivity (Wildman–Crippen MR) is 327 cm³/mol. The quantitative estimate of drug-likeness (QED) is 0.0765. The number of fused-ring (bicyclic) bond motifs is 7. The number of esters is 2. The molecule has 13 fully saturated rings. The lowest BCUT2D eigenvalue weighted by Crippen LogP contribution is -2.84. The Balaban J connectivity index is 0.833. The number of ether oxygens (including phenoxy) is 4. The number of Topliss-reactive ketones (excluding diaryl/α,β-unsaturated/α-hetero) is 1. The highest BCUT2D eigenvalue weighted by Crippen LogP contribution is 2.91. The van der Waals surface area contributed by atoms with Gasteiger partial charge in [0.05, 0.1) is 54.4 Å². The summed E-state index contributed by atoms with van der Waals surface area (Å²) in [7, 11) is 0. The number of benzene rings is 1. The molecule has 17 aliphatic rings. The minimum Gasteiger partial charge on any atom is -0.469 e. The summed E-state index contributed by atoms with van der Waals surface area (Å²) in [5.74, 6) is 6.59. The van der Waals surface area contributed by atoms with Crippen molar-refractivity contribution in [1.29, 1.82) is 0 Å². The number of aliphatic hydroxyl groups excluding tert-OH is 3. The van der Waals surface area contributed by atoms with Gasteiger partial charge in [-0.2, -0.15) is 0 Å². The van der Waals surface area contributed by atoms with E-state index in [1.165, 1.54) is 43.2 Å². The maximum absolute atomic E-state index is 17.7. The van der Waals surface area contributed by atoms with Crippen molar-refractivity contribution in [3.8, 4) is 11.8 Å². The van der Waals surface area contributed by atoms with Crippen LogP contribution in [0.2, 0.25) is 0 Å². The average molecular weight is 1210 g/mol. The molecule has 10 aliphatic carbocycles. The number of allylic oxidation sites excluding steroid dienone is 1. The van der Waals surface area contributed by atoms with Gasteiger partial charge in [0.1, 0.15) is 29.7 Å². The van der Waals surface area contributed by atoms with Crippen molar-refractivity contribution in [2.24, 2.45) is 116 Å². The SMILES string of the molecule is CC(CC1C=C2CC3CCCC34CC3CC5(C)C67OC(=O)C8OC85C5(C(O)C(=O)C8C1(C)OC21C4C(=O)OCC81C35)C1CC(Cc2ccccc2)CCC1C#CC6CCc1coc(CC(C(O)CO)C2CCC3C(C=CN4CNCC34)C2)c17)C1CCCCC1. The highest BCUT2D eigenvalue weighted by molar-refractivity contribution is 5.94. The first-order chi connectivity index (χ1) is 43.1. The summed E-state index contributed by atoms with van der Waals surface area (Å²) in [6.45, 7) is 8.48. The minimum atomic E-state index is -1.56. The van der Waals surface area contributed by atoms with E-state index in [1.54, 1.807) is 0 Å². The Morgan fingerprint density at radius 1 is 0.899 bits per heavy atom. The Labute approximate surface area is 525 Å². The summed E-state index contributed by atoms with van der Waals surface area (Å²) < 4.78 is 38.1. The Morgan fingerprint density at radius 2 is 1.75 bits per heavy atom. The molecule has 13 heteroatoms. The summed E-state index contributed by atoms with van der Waals surface area (Å²) >= 11 is 0. The molecule has 1 aromatic carbocycles. The number of carbonyl (C=O) groups excluding carboxylic acids is 3. The fourth-order valence-electron chi connectivity index (χ4n) is 28.1. The molecule has 0 amide bonds. The molecule has 7 aliphatic heterocycles. The lowest BCUT2D eigenvalue weighted by molar-refractivity contribution is -0.320. The molecule has 6 spiro atoms. The van der Waals surface area contributed by atoms with Crippen LogP contribution in [0.1, 0.15) is 165 Å². The van der Waals surface area contributed by atoms with E-state index in [1.807, 2.05) is 6.26 Å². The zero-order valence-electron chi connectivity index (χ0n) is 52.7. The van der Waals surface area contributed by atoms with Gasteiger partial charge in [-0.15, -0.1) is 0 Å². The van der Waals surface area contributed by atoms with Crippen LogP contribution >= 0.6 is 0 Å². The molecular weight excluding hydrogens is 1120 g/mol. The largest absolute Gasteiger partial charge is 0.469 e. The zero-order chi connectivity index (χ0) is 60.1. The number of furan rings is 1. The number of aliphatic hydroxyl groups is 3. The average Bonchev–Trinajstić information content (AvgIpc) is 1.44. The van der Waals surface area contributed by atoms with Crippen molar-refractivity contribution < 1.29 is 53.1 Å². The summed E-state index contributed by atoms with van der Waals surface area (Å²) in [5, 5.41) is 42.0. The molecule has 27 unspecified atom stereocenters. The topological polar surface area (TPSA) is 181 Å². The maximum Gasteiger partial charge on any atom is 0.339 e. The summed E-state index contributed by atoms with van der Waals surface area (Å²) in [5.41, 5.74) is -4.94. The maximum atomic E-state index is 17.7. The number of rotatable bonds is 10. The number of aryl methyl sites for hydroxylation is 1. The van der Waals surface area contributed by atoms with Crippen LogP contribution in [0, 0.1) is 128 Å². The van der Waals surface area contributed by atoms with E-state index in [4.69, 9.17) is 23.4 Å². The molecule has 19 rings (SSSR count). The fraction of sp³-hybridized carbons (Fsp3) is 0.750. The second-order valence-electron chi connectivity index (χ2n) is 33.7. The molecule has 5 saturated heterocycles. The van der Waals surface area contributed by atoms with E-state index in [0.29, 0.717) is 67.6 Å². The van der Waals surface area contributed by atoms with Crippen LogP contribution in [0.4, 0.5) is 0 Å². The van der Waals surface area contributed by atoms with Crippen LogP contribution in [0.3, 0.4) is 0 Å². The highest BCUT2D eigenvalue weighted by atomic mass is 16.7. The third-order valence-corrected chi connectivity index (χ3v) is 30.9. The molecule has 474 valence electrons. The van der Waals surface area contributed by atoms with Crippen molar-refractivity contribution in [2.45, 2.75) is 209 Å². The monoisotopic (exact) mass is 1210 g/mol. The second-order valence-corrected chi connectivity index (χ2v) is 33.7. The van der Waals surface area contributed by atoms with E-state index >= 15 is 19.5 Å². The van der Waals surface area contributed by atoms with Gasteiger partial charge in [-0.1, -0.05) is 107 Å². The molecule has 8 saturated carbocycles. The molecule has 0 radical (unpaired) electrons. The first kappa shape index (κ1) is 56.3. The van der Waals surface area contributed by atoms with Crippen LogP contribution in [0.5, 0.6) is 0 Å². The number of ketones is 1. The normalized spacial score (nSPS) is 51.2. The van der Waals surface area contributed by atoms with Gasteiger partial charge in [-0.25, -0.2) is 4.79 Å². The number of epoxide rings is 1. The van der Waals surface area contributed by atoms with Gasteiger partial charge >= 0.3 is 11.9 Å². The molecule has 8 heterocycles. The lowest BCUT2D eigenvalue weighted by atomic mass is 9.28. The Morgan fingerprint density at radius 3 is 2.60 bits per heavy atom. The van der Waals surface area contributed by atoms with Crippen LogP contribution in [0.15, 0.2) is 64.9 Å². The first-order valence-corrected chi connectivity index (χ1v) is 35.9. The number of cyclic esters (lactones) is 1. The molecular formula is C76H94N2O11. The Kier molecular flexibility index (Phi) is 12.0. The van der Waals surface area contributed by atoms with Gasteiger partial charge in [0.2, 0.25) is 0 Å². The molecule has 9 bridgehead atoms. The van der Waals surface area contributed by atoms with E-state index < -0.39 is 92.0 Å². The Bertz CT molecular complexity index is 3450. The fourth-order valence-corrected chi connectivity index (χ4v) is 28.1. The van der Waals surface area contributed by atoms with E-state index in [-0.39, 0.29) is 72.3 Å². The van der Waals surface area contributed by atoms with Gasteiger partial charge in [0.15, 0.2) is 17.5 Å². The number of nitrogens with zero attached hydrogens (tertiary/aromatic N) is 1. The van der Waals surface area contributed by atoms with Gasteiger partial charge in [0, 0.05) is 47.2 Å². The number of carbonyl (C=O) groups is 3. The van der Waals surface area contributed by atoms with E-state index in [9.17, 15) is 10.2 Å². The van der Waals surface area contributed by atoms with E-state index in [2.05, 4.69) is 91.5 Å². The van der Waals surface area contributed by atoms with Crippen molar-refractivity contribution in [1.82, 2.24) is 10.2 Å². The Hall–Kier alpha value is -4.29. The van der Waals surface area contributed by atoms with Crippen LogP contribution < -0.4 is 5.32 Å². The number of nitrogens with one attached hydrogen (secondary N) is 1. The van der Waals surface area contributed by atoms with Crippen LogP contribution in [0.25, 0.3) is 0 Å². The number of hydrogen-bond acceptors (Lipinski definition) is 13. The highest BCUT2D eigenvalue weighted by Gasteiger charge is 3.00. The molecule has 89 heavy (non-hydrogen) atoms. The van der Waals surface area contributed by atoms with Crippen molar-refractivity contribution in [2.75, 3.05) is 26.4 Å². The first-order valence-electron chi connectivity index (χ1n) is 35.9. The second kappa shape index (κ2) is 19.0. The zero-order valence-corrected chi connectivity index (χ0v) is 52.7. The molecule has 27 atom stereocenters. The molecule has 2 aromatic rings. The lowest BCUT2D eigenvalue weighted by Gasteiger charge is -2.74. The standard InChI is InChI=1S/C76H94N2O11/c1-41(44-13-8-5-9-14-44)27-52-32-53-31-51-15-10-25-71(51)35-49-34-69(2)74-50(22-19-48-38-85-59(60(48)74)33-55(58(80)37-79)46-20-23-54-47(30-46)24-26-78-40-77-36-57(54)78)21-18-45-17-16-43(28-42-11-6-4-7-12-42)29-56(45)73(76(69)66(87-76)68(84)88-74)62(49)72-39-86-67(83)64(71)75(53,72)89-70(52,3)63(72)61(81)65(73)82/h4,6-7,11-12,24,26,32,38,41,43-47,49-52,54-58,62-66,77,79-80,82H,5,8-10,13-17,19-20,22-23,25,27-31,33-37,39-40H2,1-3H3. The summed E-state index contributed by atoms with van der Waals surface area (Å²) in [6.07, 6.45) is 25.2. The minimum absolute atomic E-state index is 0.0259. The van der Waals surface area contributed by atoms with Crippen molar-refractivity contribution in [3.05, 3.63) is 83.0 Å². The smallest absolute Gasteiger partial charge is 0.339 e. The third-order valence-electron chi connectivity index (χ3n) is 30.9. The van der Waals surface area contributed by atoms with Gasteiger partial charge in [0.25, 0.3) is 0 Å². The van der Waals surface area contributed by atoms with E-state index in [0.717, 1.165) is 101 Å². The van der Waals surface area contributed by atoms with Crippen LogP contribution in [-0.4, -0.2) is 106 Å². The summed E-state index contributed by atoms with van der Waals surface area (Å²) in [4.78, 5) is 52.4. The van der Waals surface area contributed by atoms with Gasteiger partial charge in [-0.05, 0) is 197 Å². The molecule has 1 aromatic heterocycles. The van der Waals surface area contributed by atoms with Gasteiger partial charge < -0.3 is 43.6 Å². The van der Waals surface area contributed by atoms with Crippen LogP contribution in [-0.2, 0) is 58.2 Å². The summed E-state index contributed by atoms with van der Waals surface area (Å²) in [6, 6.07) is 11.2. The molecule has 13 nitrogen and oxygen atoms in total. The predicted octanol–water partition coefficient (Wildman–Crippen LogP) is 9.96. The van der Waals surface area contributed by atoms with Gasteiger partial charge in [-0.3, -0.25) is 14.9 Å². The molecule has 4 N–H and O–H groups in total. The number of hydrogen-bond donors (Lipinski definition) is 4. The van der Waals surface area contributed by atoms with Crippen molar-refractivity contribution >= 4 is 17.7 Å².